The quantitative estimate of drug-likeness (QED) is 0.618. The fraction of sp³-hybridized carbons (Fsp3) is 0.778. The van der Waals surface area contributed by atoms with Crippen LogP contribution in [0.2, 0.25) is 0 Å². The predicted octanol–water partition coefficient (Wildman–Crippen LogP) is 1.98. The van der Waals surface area contributed by atoms with E-state index in [4.69, 9.17) is 4.74 Å². The summed E-state index contributed by atoms with van der Waals surface area (Å²) >= 11 is 0. The SMILES string of the molecule is CCN(/C=C1\CCCO1)CC. The maximum absolute atomic E-state index is 5.41. The number of hydrogen-bond donors (Lipinski definition) is 0. The minimum atomic E-state index is 0.910. The van der Waals surface area contributed by atoms with E-state index in [0.717, 1.165) is 31.9 Å². The maximum atomic E-state index is 5.41. The van der Waals surface area contributed by atoms with Gasteiger partial charge in [-0.3, -0.25) is 0 Å². The first-order valence-corrected chi connectivity index (χ1v) is 4.44. The Balaban J connectivity index is 2.40. The van der Waals surface area contributed by atoms with Crippen molar-refractivity contribution in [2.45, 2.75) is 26.7 Å². The largest absolute Gasteiger partial charge is 0.496 e. The third-order valence-electron chi connectivity index (χ3n) is 1.99. The number of allylic oxidation sites excluding steroid dienone is 1. The molecular formula is C9H17NO. The Hall–Kier alpha value is -0.660. The lowest BCUT2D eigenvalue weighted by Crippen LogP contribution is -2.16. The van der Waals surface area contributed by atoms with Gasteiger partial charge in [-0.05, 0) is 20.3 Å². The van der Waals surface area contributed by atoms with E-state index in [1.54, 1.807) is 0 Å². The van der Waals surface area contributed by atoms with Gasteiger partial charge in [0.25, 0.3) is 0 Å². The Kier molecular flexibility index (Phi) is 3.27. The molecule has 0 unspecified atom stereocenters. The van der Waals surface area contributed by atoms with Gasteiger partial charge >= 0.3 is 0 Å². The highest BCUT2D eigenvalue weighted by molar-refractivity contribution is 4.95. The molecule has 0 aliphatic carbocycles. The van der Waals surface area contributed by atoms with Crippen LogP contribution in [0.15, 0.2) is 12.0 Å². The van der Waals surface area contributed by atoms with E-state index in [9.17, 15) is 0 Å². The lowest BCUT2D eigenvalue weighted by Gasteiger charge is -2.15. The average molecular weight is 155 g/mol. The van der Waals surface area contributed by atoms with Crippen molar-refractivity contribution in [2.24, 2.45) is 0 Å². The summed E-state index contributed by atoms with van der Waals surface area (Å²) in [6.45, 7) is 7.38. The number of ether oxygens (including phenoxy) is 1. The maximum Gasteiger partial charge on any atom is 0.112 e. The Morgan fingerprint density at radius 2 is 2.18 bits per heavy atom. The zero-order valence-corrected chi connectivity index (χ0v) is 7.47. The van der Waals surface area contributed by atoms with Crippen molar-refractivity contribution in [3.8, 4) is 0 Å². The van der Waals surface area contributed by atoms with Crippen molar-refractivity contribution in [3.05, 3.63) is 12.0 Å². The summed E-state index contributed by atoms with van der Waals surface area (Å²) in [7, 11) is 0. The molecule has 0 radical (unpaired) electrons. The summed E-state index contributed by atoms with van der Waals surface area (Å²) in [6.07, 6.45) is 4.45. The Morgan fingerprint density at radius 3 is 2.64 bits per heavy atom. The molecule has 1 heterocycles. The molecule has 0 aromatic rings. The van der Waals surface area contributed by atoms with Crippen LogP contribution in [0, 0.1) is 0 Å². The summed E-state index contributed by atoms with van der Waals surface area (Å²) < 4.78 is 5.41. The van der Waals surface area contributed by atoms with Gasteiger partial charge in [0, 0.05) is 25.7 Å². The second-order valence-electron chi connectivity index (χ2n) is 2.77. The molecule has 1 aliphatic heterocycles. The third-order valence-corrected chi connectivity index (χ3v) is 1.99. The summed E-state index contributed by atoms with van der Waals surface area (Å²) in [4.78, 5) is 2.26. The van der Waals surface area contributed by atoms with Crippen LogP contribution in [0.1, 0.15) is 26.7 Å². The van der Waals surface area contributed by atoms with Gasteiger partial charge in [-0.25, -0.2) is 0 Å². The normalized spacial score (nSPS) is 20.4. The van der Waals surface area contributed by atoms with Crippen LogP contribution in [0.25, 0.3) is 0 Å². The van der Waals surface area contributed by atoms with Gasteiger partial charge in [-0.15, -0.1) is 0 Å². The van der Waals surface area contributed by atoms with Gasteiger partial charge in [0.1, 0.15) is 5.76 Å². The molecule has 1 fully saturated rings. The van der Waals surface area contributed by atoms with E-state index in [2.05, 4.69) is 24.9 Å². The van der Waals surface area contributed by atoms with Crippen LogP contribution < -0.4 is 0 Å². The summed E-state index contributed by atoms with van der Waals surface area (Å²) in [5.74, 6) is 1.16. The van der Waals surface area contributed by atoms with E-state index in [1.165, 1.54) is 6.42 Å². The van der Waals surface area contributed by atoms with Crippen molar-refractivity contribution in [1.29, 1.82) is 0 Å². The Morgan fingerprint density at radius 1 is 1.45 bits per heavy atom. The number of rotatable bonds is 3. The lowest BCUT2D eigenvalue weighted by atomic mass is 10.3. The van der Waals surface area contributed by atoms with Crippen molar-refractivity contribution in [3.63, 3.8) is 0 Å². The van der Waals surface area contributed by atoms with Crippen molar-refractivity contribution >= 4 is 0 Å². The zero-order valence-electron chi connectivity index (χ0n) is 7.47. The molecule has 0 aromatic carbocycles. The third kappa shape index (κ3) is 2.45. The summed E-state index contributed by atoms with van der Waals surface area (Å²) in [5.41, 5.74) is 0. The molecular weight excluding hydrogens is 138 g/mol. The first kappa shape index (κ1) is 8.44. The van der Waals surface area contributed by atoms with Gasteiger partial charge < -0.3 is 9.64 Å². The molecule has 0 saturated carbocycles. The van der Waals surface area contributed by atoms with E-state index in [-0.39, 0.29) is 0 Å². The summed E-state index contributed by atoms with van der Waals surface area (Å²) in [6, 6.07) is 0. The van der Waals surface area contributed by atoms with Gasteiger partial charge in [-0.1, -0.05) is 0 Å². The first-order valence-electron chi connectivity index (χ1n) is 4.44. The van der Waals surface area contributed by atoms with E-state index in [1.807, 2.05) is 0 Å². The Bertz CT molecular complexity index is 130. The molecule has 1 rings (SSSR count). The molecule has 11 heavy (non-hydrogen) atoms. The topological polar surface area (TPSA) is 12.5 Å². The van der Waals surface area contributed by atoms with Gasteiger partial charge in [0.05, 0.1) is 6.61 Å². The van der Waals surface area contributed by atoms with E-state index < -0.39 is 0 Å². The number of hydrogen-bond acceptors (Lipinski definition) is 2. The minimum absolute atomic E-state index is 0.910. The molecule has 2 nitrogen and oxygen atoms in total. The average Bonchev–Trinajstić information content (AvgIpc) is 2.52. The standard InChI is InChI=1S/C9H17NO/c1-3-10(4-2)8-9-6-5-7-11-9/h8H,3-7H2,1-2H3/b9-8+. The second-order valence-corrected chi connectivity index (χ2v) is 2.77. The Labute approximate surface area is 68.8 Å². The molecule has 0 aromatic heterocycles. The number of nitrogens with zero attached hydrogens (tertiary/aromatic N) is 1. The van der Waals surface area contributed by atoms with Crippen molar-refractivity contribution in [1.82, 2.24) is 4.90 Å². The van der Waals surface area contributed by atoms with Crippen LogP contribution >= 0.6 is 0 Å². The highest BCUT2D eigenvalue weighted by atomic mass is 16.5. The monoisotopic (exact) mass is 155 g/mol. The molecule has 0 spiro atoms. The first-order chi connectivity index (χ1) is 5.36. The van der Waals surface area contributed by atoms with Crippen LogP contribution in [0.4, 0.5) is 0 Å². The molecule has 2 heteroatoms. The van der Waals surface area contributed by atoms with Crippen molar-refractivity contribution < 1.29 is 4.74 Å². The molecule has 1 saturated heterocycles. The van der Waals surface area contributed by atoms with Gasteiger partial charge in [-0.2, -0.15) is 0 Å². The predicted molar refractivity (Wildman–Crippen MR) is 46.2 cm³/mol. The molecule has 64 valence electrons. The lowest BCUT2D eigenvalue weighted by molar-refractivity contribution is 0.251. The highest BCUT2D eigenvalue weighted by Gasteiger charge is 2.07. The molecule has 0 bridgehead atoms. The van der Waals surface area contributed by atoms with E-state index >= 15 is 0 Å². The van der Waals surface area contributed by atoms with Crippen LogP contribution in [-0.4, -0.2) is 24.6 Å². The van der Waals surface area contributed by atoms with Gasteiger partial charge in [0.2, 0.25) is 0 Å². The van der Waals surface area contributed by atoms with Crippen LogP contribution in [-0.2, 0) is 4.74 Å². The van der Waals surface area contributed by atoms with E-state index in [0.29, 0.717) is 0 Å². The fourth-order valence-electron chi connectivity index (χ4n) is 1.23. The minimum Gasteiger partial charge on any atom is -0.496 e. The highest BCUT2D eigenvalue weighted by Crippen LogP contribution is 2.16. The summed E-state index contributed by atoms with van der Waals surface area (Å²) in [5, 5.41) is 0. The molecule has 0 atom stereocenters. The molecule has 0 amide bonds. The van der Waals surface area contributed by atoms with Crippen LogP contribution in [0.5, 0.6) is 0 Å². The fourth-order valence-corrected chi connectivity index (χ4v) is 1.23. The van der Waals surface area contributed by atoms with Crippen LogP contribution in [0.3, 0.4) is 0 Å². The zero-order chi connectivity index (χ0) is 8.10. The molecule has 1 aliphatic rings. The second kappa shape index (κ2) is 4.27. The smallest absolute Gasteiger partial charge is 0.112 e. The van der Waals surface area contributed by atoms with Gasteiger partial charge in [0.15, 0.2) is 0 Å². The van der Waals surface area contributed by atoms with Crippen molar-refractivity contribution in [2.75, 3.05) is 19.7 Å². The molecule has 0 N–H and O–H groups in total.